The summed E-state index contributed by atoms with van der Waals surface area (Å²) in [5.74, 6) is 0.495. The molecule has 0 saturated heterocycles. The SMILES string of the molecule is Cn1c2c(c3ccc(-n4ccc(OCc5ccccc5)cc4=O)cc31)CN(C(=O)CCl)CC2. The molecule has 0 atom stereocenters. The second kappa shape index (κ2) is 8.79. The summed E-state index contributed by atoms with van der Waals surface area (Å²) in [7, 11) is 2.03. The lowest BCUT2D eigenvalue weighted by Gasteiger charge is -2.27. The molecule has 3 heterocycles. The van der Waals surface area contributed by atoms with Crippen LogP contribution in [0.3, 0.4) is 0 Å². The molecule has 0 fully saturated rings. The number of benzene rings is 2. The van der Waals surface area contributed by atoms with Crippen LogP contribution in [0.4, 0.5) is 0 Å². The smallest absolute Gasteiger partial charge is 0.258 e. The van der Waals surface area contributed by atoms with Gasteiger partial charge in [-0.1, -0.05) is 36.4 Å². The van der Waals surface area contributed by atoms with Crippen molar-refractivity contribution >= 4 is 28.4 Å². The predicted molar refractivity (Wildman–Crippen MR) is 129 cm³/mol. The van der Waals surface area contributed by atoms with Crippen LogP contribution in [0.2, 0.25) is 0 Å². The van der Waals surface area contributed by atoms with Crippen molar-refractivity contribution in [3.8, 4) is 11.4 Å². The van der Waals surface area contributed by atoms with E-state index in [-0.39, 0.29) is 17.3 Å². The van der Waals surface area contributed by atoms with Gasteiger partial charge in [0.15, 0.2) is 0 Å². The molecule has 4 aromatic rings. The van der Waals surface area contributed by atoms with E-state index in [4.69, 9.17) is 16.3 Å². The number of aromatic nitrogens is 2. The number of amides is 1. The molecule has 0 unspecified atom stereocenters. The summed E-state index contributed by atoms with van der Waals surface area (Å²) >= 11 is 5.76. The Morgan fingerprint density at radius 1 is 1.09 bits per heavy atom. The summed E-state index contributed by atoms with van der Waals surface area (Å²) in [6.45, 7) is 1.64. The van der Waals surface area contributed by atoms with Gasteiger partial charge in [0, 0.05) is 55.5 Å². The zero-order valence-corrected chi connectivity index (χ0v) is 19.1. The van der Waals surface area contributed by atoms with Gasteiger partial charge in [0.1, 0.15) is 18.2 Å². The van der Waals surface area contributed by atoms with Crippen LogP contribution in [-0.4, -0.2) is 32.4 Å². The van der Waals surface area contributed by atoms with Crippen molar-refractivity contribution < 1.29 is 9.53 Å². The monoisotopic (exact) mass is 461 g/mol. The molecule has 6 nitrogen and oxygen atoms in total. The maximum atomic E-state index is 12.8. The van der Waals surface area contributed by atoms with Crippen molar-refractivity contribution in [1.29, 1.82) is 0 Å². The fourth-order valence-electron chi connectivity index (χ4n) is 4.51. The summed E-state index contributed by atoms with van der Waals surface area (Å²) in [6.07, 6.45) is 2.53. The molecule has 7 heteroatoms. The molecule has 0 N–H and O–H groups in total. The minimum Gasteiger partial charge on any atom is -0.489 e. The Morgan fingerprint density at radius 2 is 1.91 bits per heavy atom. The number of rotatable bonds is 5. The Hall–Kier alpha value is -3.51. The zero-order chi connectivity index (χ0) is 22.9. The van der Waals surface area contributed by atoms with Gasteiger partial charge >= 0.3 is 0 Å². The first-order valence-corrected chi connectivity index (χ1v) is 11.4. The van der Waals surface area contributed by atoms with Gasteiger partial charge in [-0.05, 0) is 23.8 Å². The summed E-state index contributed by atoms with van der Waals surface area (Å²) in [6, 6.07) is 19.2. The number of nitrogens with zero attached hydrogens (tertiary/aromatic N) is 3. The molecule has 2 aromatic heterocycles. The van der Waals surface area contributed by atoms with Crippen LogP contribution >= 0.6 is 11.6 Å². The molecule has 0 saturated carbocycles. The lowest BCUT2D eigenvalue weighted by atomic mass is 10.0. The van der Waals surface area contributed by atoms with Crippen molar-refractivity contribution in [2.24, 2.45) is 7.05 Å². The van der Waals surface area contributed by atoms with Gasteiger partial charge in [0.2, 0.25) is 5.91 Å². The highest BCUT2D eigenvalue weighted by atomic mass is 35.5. The minimum absolute atomic E-state index is 0.00176. The van der Waals surface area contributed by atoms with Gasteiger partial charge in [0.25, 0.3) is 5.56 Å². The summed E-state index contributed by atoms with van der Waals surface area (Å²) < 4.78 is 9.57. The van der Waals surface area contributed by atoms with Crippen LogP contribution in [0.1, 0.15) is 16.8 Å². The predicted octanol–water partition coefficient (Wildman–Crippen LogP) is 4.03. The summed E-state index contributed by atoms with van der Waals surface area (Å²) in [4.78, 5) is 26.7. The van der Waals surface area contributed by atoms with Gasteiger partial charge in [-0.3, -0.25) is 14.2 Å². The second-order valence-corrected chi connectivity index (χ2v) is 8.50. The highest BCUT2D eigenvalue weighted by molar-refractivity contribution is 6.27. The van der Waals surface area contributed by atoms with Gasteiger partial charge < -0.3 is 14.2 Å². The number of fused-ring (bicyclic) bond motifs is 3. The highest BCUT2D eigenvalue weighted by Crippen LogP contribution is 2.31. The van der Waals surface area contributed by atoms with Gasteiger partial charge in [-0.25, -0.2) is 0 Å². The molecule has 33 heavy (non-hydrogen) atoms. The normalized spacial score (nSPS) is 13.2. The molecule has 1 amide bonds. The van der Waals surface area contributed by atoms with Crippen molar-refractivity contribution in [1.82, 2.24) is 14.0 Å². The van der Waals surface area contributed by atoms with Crippen LogP contribution in [-0.2, 0) is 31.4 Å². The molecule has 168 valence electrons. The molecule has 0 aliphatic carbocycles. The minimum atomic E-state index is -0.155. The number of carbonyl (C=O) groups is 1. The third kappa shape index (κ3) is 4.02. The van der Waals surface area contributed by atoms with E-state index in [9.17, 15) is 9.59 Å². The van der Waals surface area contributed by atoms with Crippen molar-refractivity contribution in [3.05, 3.63) is 94.0 Å². The largest absolute Gasteiger partial charge is 0.489 e. The molecule has 1 aliphatic heterocycles. The standard InChI is InChI=1S/C26H24ClN3O3/c1-28-23-10-11-29(26(32)15-27)16-22(23)21-8-7-19(13-24(21)28)30-12-9-20(14-25(30)31)33-17-18-5-3-2-4-6-18/h2-9,12-14H,10-11,15-17H2,1H3. The van der Waals surface area contributed by atoms with E-state index < -0.39 is 0 Å². The number of alkyl halides is 1. The first kappa shape index (κ1) is 21.3. The van der Waals surface area contributed by atoms with Crippen LogP contribution in [0, 0.1) is 0 Å². The number of ether oxygens (including phenoxy) is 1. The Kier molecular flexibility index (Phi) is 5.68. The van der Waals surface area contributed by atoms with E-state index in [0.29, 0.717) is 25.4 Å². The number of hydrogen-bond acceptors (Lipinski definition) is 3. The Balaban J connectivity index is 1.43. The first-order valence-electron chi connectivity index (χ1n) is 10.9. The van der Waals surface area contributed by atoms with E-state index in [1.807, 2.05) is 55.6 Å². The summed E-state index contributed by atoms with van der Waals surface area (Å²) in [5.41, 5.74) is 5.09. The maximum Gasteiger partial charge on any atom is 0.258 e. The number of aryl methyl sites for hydroxylation is 1. The van der Waals surface area contributed by atoms with E-state index in [2.05, 4.69) is 4.57 Å². The molecular formula is C26H24ClN3O3. The van der Waals surface area contributed by atoms with Crippen LogP contribution in [0.15, 0.2) is 71.7 Å². The zero-order valence-electron chi connectivity index (χ0n) is 18.3. The van der Waals surface area contributed by atoms with Crippen LogP contribution < -0.4 is 10.3 Å². The number of hydrogen-bond donors (Lipinski definition) is 0. The fourth-order valence-corrected chi connectivity index (χ4v) is 4.68. The van der Waals surface area contributed by atoms with Gasteiger partial charge in [0.05, 0.1) is 11.2 Å². The molecule has 1 aliphatic rings. The quantitative estimate of drug-likeness (QED) is 0.422. The molecule has 0 bridgehead atoms. The third-order valence-electron chi connectivity index (χ3n) is 6.27. The average molecular weight is 462 g/mol. The summed E-state index contributed by atoms with van der Waals surface area (Å²) in [5, 5.41) is 1.10. The highest BCUT2D eigenvalue weighted by Gasteiger charge is 2.25. The number of halogens is 1. The molecule has 0 spiro atoms. The molecule has 0 radical (unpaired) electrons. The third-order valence-corrected chi connectivity index (χ3v) is 6.50. The first-order chi connectivity index (χ1) is 16.0. The average Bonchev–Trinajstić information content (AvgIpc) is 3.13. The Bertz CT molecular complexity index is 1390. The second-order valence-electron chi connectivity index (χ2n) is 8.23. The number of pyridine rings is 1. The van der Waals surface area contributed by atoms with E-state index >= 15 is 0 Å². The lowest BCUT2D eigenvalue weighted by Crippen LogP contribution is -2.36. The van der Waals surface area contributed by atoms with Crippen molar-refractivity contribution in [2.75, 3.05) is 12.4 Å². The van der Waals surface area contributed by atoms with Crippen molar-refractivity contribution in [3.63, 3.8) is 0 Å². The van der Waals surface area contributed by atoms with Gasteiger partial charge in [-0.2, -0.15) is 0 Å². The maximum absolute atomic E-state index is 12.8. The van der Waals surface area contributed by atoms with E-state index in [1.165, 1.54) is 11.8 Å². The Morgan fingerprint density at radius 3 is 2.67 bits per heavy atom. The Labute approximate surface area is 196 Å². The molecular weight excluding hydrogens is 438 g/mol. The van der Waals surface area contributed by atoms with E-state index in [1.54, 1.807) is 21.7 Å². The fraction of sp³-hybridized carbons (Fsp3) is 0.231. The van der Waals surface area contributed by atoms with Crippen molar-refractivity contribution in [2.45, 2.75) is 19.6 Å². The van der Waals surface area contributed by atoms with Crippen LogP contribution in [0.25, 0.3) is 16.6 Å². The topological polar surface area (TPSA) is 56.5 Å². The van der Waals surface area contributed by atoms with E-state index in [0.717, 1.165) is 34.1 Å². The lowest BCUT2D eigenvalue weighted by molar-refractivity contribution is -0.129. The number of carbonyl (C=O) groups excluding carboxylic acids is 1. The van der Waals surface area contributed by atoms with Crippen LogP contribution in [0.5, 0.6) is 5.75 Å². The molecule has 2 aromatic carbocycles. The molecule has 5 rings (SSSR count). The van der Waals surface area contributed by atoms with Gasteiger partial charge in [-0.15, -0.1) is 11.6 Å².